The van der Waals surface area contributed by atoms with E-state index in [0.29, 0.717) is 23.7 Å². The smallest absolute Gasteiger partial charge is 0.233 e. The van der Waals surface area contributed by atoms with E-state index in [4.69, 9.17) is 11.6 Å². The maximum atomic E-state index is 13.3. The van der Waals surface area contributed by atoms with Crippen LogP contribution in [0.2, 0.25) is 5.02 Å². The molecule has 1 aliphatic carbocycles. The van der Waals surface area contributed by atoms with Crippen molar-refractivity contribution in [3.63, 3.8) is 0 Å². The molecule has 3 aromatic rings. The van der Waals surface area contributed by atoms with Crippen LogP contribution < -0.4 is 5.32 Å². The third-order valence-electron chi connectivity index (χ3n) is 5.79. The van der Waals surface area contributed by atoms with Gasteiger partial charge in [-0.15, -0.1) is 11.3 Å². The van der Waals surface area contributed by atoms with Crippen LogP contribution in [0.15, 0.2) is 53.0 Å². The lowest BCUT2D eigenvalue weighted by atomic mass is 9.87. The summed E-state index contributed by atoms with van der Waals surface area (Å²) in [7, 11) is -3.44. The van der Waals surface area contributed by atoms with E-state index in [9.17, 15) is 13.2 Å². The van der Waals surface area contributed by atoms with Crippen molar-refractivity contribution < 1.29 is 13.2 Å². The van der Waals surface area contributed by atoms with Crippen molar-refractivity contribution in [2.45, 2.75) is 42.9 Å². The van der Waals surface area contributed by atoms with Gasteiger partial charge < -0.3 is 5.32 Å². The average molecular weight is 490 g/mol. The minimum atomic E-state index is -3.44. The SMILES string of the molecule is CS(=O)(=O)c1ccc(C(CC2CCCC2)C(=O)Nc2cnc(-c3cccs3)cn2)cc1Cl. The molecule has 0 aliphatic heterocycles. The normalized spacial score (nSPS) is 15.6. The first-order chi connectivity index (χ1) is 15.3. The molecule has 0 spiro atoms. The standard InChI is InChI=1S/C23H24ClN3O3S2/c1-32(29,30)21-9-8-16(12-18(21)24)17(11-15-5-2-3-6-15)23(28)27-22-14-25-19(13-26-22)20-7-4-10-31-20/h4,7-10,12-15,17H,2-3,5-6,11H2,1H3,(H,26,27,28). The summed E-state index contributed by atoms with van der Waals surface area (Å²) in [5, 5.41) is 4.99. The number of hydrogen-bond donors (Lipinski definition) is 1. The highest BCUT2D eigenvalue weighted by molar-refractivity contribution is 7.90. The van der Waals surface area contributed by atoms with Crippen LogP contribution in [0.3, 0.4) is 0 Å². The summed E-state index contributed by atoms with van der Waals surface area (Å²) in [5.41, 5.74) is 1.46. The lowest BCUT2D eigenvalue weighted by molar-refractivity contribution is -0.118. The molecule has 1 saturated carbocycles. The number of amides is 1. The van der Waals surface area contributed by atoms with Gasteiger partial charge in [-0.1, -0.05) is 49.4 Å². The van der Waals surface area contributed by atoms with Gasteiger partial charge in [0.25, 0.3) is 0 Å². The van der Waals surface area contributed by atoms with Crippen LogP contribution in [0.5, 0.6) is 0 Å². The fourth-order valence-electron chi connectivity index (χ4n) is 4.17. The van der Waals surface area contributed by atoms with E-state index in [-0.39, 0.29) is 15.8 Å². The van der Waals surface area contributed by atoms with E-state index in [1.54, 1.807) is 35.9 Å². The Bertz CT molecular complexity index is 1190. The number of halogens is 1. The Labute approximate surface area is 197 Å². The fourth-order valence-corrected chi connectivity index (χ4v) is 6.19. The van der Waals surface area contributed by atoms with Gasteiger partial charge in [0.2, 0.25) is 5.91 Å². The summed E-state index contributed by atoms with van der Waals surface area (Å²) in [5.74, 6) is 0.179. The third kappa shape index (κ3) is 5.36. The number of sulfone groups is 1. The lowest BCUT2D eigenvalue weighted by Crippen LogP contribution is -2.24. The molecule has 1 N–H and O–H groups in total. The maximum absolute atomic E-state index is 13.3. The number of aromatic nitrogens is 2. The summed E-state index contributed by atoms with van der Waals surface area (Å²) < 4.78 is 23.8. The molecule has 0 bridgehead atoms. The van der Waals surface area contributed by atoms with Crippen molar-refractivity contribution in [1.29, 1.82) is 0 Å². The molecule has 0 saturated heterocycles. The summed E-state index contributed by atoms with van der Waals surface area (Å²) in [6.07, 6.45) is 9.52. The molecule has 2 aromatic heterocycles. The van der Waals surface area contributed by atoms with Crippen LogP contribution in [0, 0.1) is 5.92 Å². The van der Waals surface area contributed by atoms with E-state index >= 15 is 0 Å². The van der Waals surface area contributed by atoms with Crippen molar-refractivity contribution in [3.05, 3.63) is 58.7 Å². The van der Waals surface area contributed by atoms with Crippen LogP contribution in [0.1, 0.15) is 43.6 Å². The topological polar surface area (TPSA) is 89.0 Å². The molecule has 0 radical (unpaired) electrons. The molecule has 168 valence electrons. The fraction of sp³-hybridized carbons (Fsp3) is 0.348. The van der Waals surface area contributed by atoms with Gasteiger partial charge in [-0.25, -0.2) is 18.4 Å². The molecule has 32 heavy (non-hydrogen) atoms. The lowest BCUT2D eigenvalue weighted by Gasteiger charge is -2.21. The Kier molecular flexibility index (Phi) is 6.93. The predicted octanol–water partition coefficient (Wildman–Crippen LogP) is 5.56. The Balaban J connectivity index is 1.57. The maximum Gasteiger partial charge on any atom is 0.233 e. The van der Waals surface area contributed by atoms with Crippen molar-refractivity contribution in [1.82, 2.24) is 9.97 Å². The average Bonchev–Trinajstić information content (AvgIpc) is 3.46. The van der Waals surface area contributed by atoms with Crippen molar-refractivity contribution in [2.75, 3.05) is 11.6 Å². The van der Waals surface area contributed by atoms with Gasteiger partial charge in [-0.05, 0) is 41.5 Å². The van der Waals surface area contributed by atoms with Crippen LogP contribution in [-0.2, 0) is 14.6 Å². The van der Waals surface area contributed by atoms with Gasteiger partial charge in [0.05, 0.1) is 38.8 Å². The zero-order valence-corrected chi connectivity index (χ0v) is 20.0. The van der Waals surface area contributed by atoms with Crippen LogP contribution in [0.4, 0.5) is 5.82 Å². The molecular weight excluding hydrogens is 466 g/mol. The number of rotatable bonds is 7. The molecule has 1 aliphatic rings. The molecule has 9 heteroatoms. The van der Waals surface area contributed by atoms with Crippen molar-refractivity contribution in [2.24, 2.45) is 5.92 Å². The number of anilines is 1. The second-order valence-electron chi connectivity index (χ2n) is 8.15. The quantitative estimate of drug-likeness (QED) is 0.469. The molecule has 4 rings (SSSR count). The summed E-state index contributed by atoms with van der Waals surface area (Å²) in [4.78, 5) is 23.1. The highest BCUT2D eigenvalue weighted by Gasteiger charge is 2.28. The zero-order valence-electron chi connectivity index (χ0n) is 17.6. The van der Waals surface area contributed by atoms with E-state index in [2.05, 4.69) is 15.3 Å². The summed E-state index contributed by atoms with van der Waals surface area (Å²) >= 11 is 7.85. The Hall–Kier alpha value is -2.29. The molecule has 1 aromatic carbocycles. The van der Waals surface area contributed by atoms with Gasteiger partial charge in [-0.3, -0.25) is 4.79 Å². The summed E-state index contributed by atoms with van der Waals surface area (Å²) in [6.45, 7) is 0. The number of nitrogens with zero attached hydrogens (tertiary/aromatic N) is 2. The van der Waals surface area contributed by atoms with E-state index in [1.165, 1.54) is 18.9 Å². The number of nitrogens with one attached hydrogen (secondary N) is 1. The molecule has 6 nitrogen and oxygen atoms in total. The first-order valence-corrected chi connectivity index (χ1v) is 13.6. The van der Waals surface area contributed by atoms with Crippen LogP contribution >= 0.6 is 22.9 Å². The second kappa shape index (κ2) is 9.68. The molecule has 1 atom stereocenters. The second-order valence-corrected chi connectivity index (χ2v) is 11.5. The predicted molar refractivity (Wildman–Crippen MR) is 128 cm³/mol. The van der Waals surface area contributed by atoms with Crippen LogP contribution in [-0.4, -0.2) is 30.5 Å². The minimum absolute atomic E-state index is 0.0676. The Morgan fingerprint density at radius 1 is 1.22 bits per heavy atom. The molecule has 1 unspecified atom stereocenters. The molecule has 1 amide bonds. The number of hydrogen-bond acceptors (Lipinski definition) is 6. The number of benzene rings is 1. The largest absolute Gasteiger partial charge is 0.309 e. The number of carbonyl (C=O) groups is 1. The Morgan fingerprint density at radius 2 is 2.00 bits per heavy atom. The minimum Gasteiger partial charge on any atom is -0.309 e. The first kappa shape index (κ1) is 22.9. The van der Waals surface area contributed by atoms with E-state index in [1.807, 2.05) is 17.5 Å². The highest BCUT2D eigenvalue weighted by Crippen LogP contribution is 2.36. The highest BCUT2D eigenvalue weighted by atomic mass is 35.5. The molecule has 2 heterocycles. The monoisotopic (exact) mass is 489 g/mol. The van der Waals surface area contributed by atoms with E-state index < -0.39 is 15.8 Å². The first-order valence-electron chi connectivity index (χ1n) is 10.5. The van der Waals surface area contributed by atoms with Crippen molar-refractivity contribution in [3.8, 4) is 10.6 Å². The number of carbonyl (C=O) groups excluding carboxylic acids is 1. The van der Waals surface area contributed by atoms with Gasteiger partial charge in [0, 0.05) is 6.26 Å². The zero-order chi connectivity index (χ0) is 22.7. The number of thiophene rings is 1. The molecular formula is C23H24ClN3O3S2. The summed E-state index contributed by atoms with van der Waals surface area (Å²) in [6, 6.07) is 8.69. The molecule has 1 fully saturated rings. The Morgan fingerprint density at radius 3 is 2.59 bits per heavy atom. The van der Waals surface area contributed by atoms with Gasteiger partial charge in [0.1, 0.15) is 0 Å². The van der Waals surface area contributed by atoms with Gasteiger partial charge in [-0.2, -0.15) is 0 Å². The van der Waals surface area contributed by atoms with Crippen LogP contribution in [0.25, 0.3) is 10.6 Å². The van der Waals surface area contributed by atoms with E-state index in [0.717, 1.165) is 29.7 Å². The van der Waals surface area contributed by atoms with Gasteiger partial charge in [0.15, 0.2) is 15.7 Å². The van der Waals surface area contributed by atoms with Gasteiger partial charge >= 0.3 is 0 Å². The van der Waals surface area contributed by atoms with Crippen molar-refractivity contribution >= 4 is 44.5 Å². The third-order valence-corrected chi connectivity index (χ3v) is 8.27.